The molecule has 0 aliphatic heterocycles. The van der Waals surface area contributed by atoms with E-state index in [0.29, 0.717) is 22.9 Å². The second-order valence-electron chi connectivity index (χ2n) is 3.97. The molecule has 0 heterocycles. The third-order valence-corrected chi connectivity index (χ3v) is 2.81. The number of carbonyl (C=O) groups is 1. The molecule has 2 nitrogen and oxygen atoms in total. The number of rotatable bonds is 4. The van der Waals surface area contributed by atoms with Crippen molar-refractivity contribution in [3.8, 4) is 0 Å². The van der Waals surface area contributed by atoms with E-state index >= 15 is 0 Å². The molecule has 0 unspecified atom stereocenters. The van der Waals surface area contributed by atoms with E-state index in [4.69, 9.17) is 23.2 Å². The van der Waals surface area contributed by atoms with Gasteiger partial charge in [0.2, 0.25) is 5.91 Å². The van der Waals surface area contributed by atoms with E-state index in [-0.39, 0.29) is 11.9 Å². The van der Waals surface area contributed by atoms with Crippen LogP contribution in [-0.2, 0) is 11.2 Å². The van der Waals surface area contributed by atoms with E-state index in [9.17, 15) is 4.79 Å². The Kier molecular flexibility index (Phi) is 5.10. The molecular weight excluding hydrogens is 245 g/mol. The van der Waals surface area contributed by atoms with Crippen LogP contribution < -0.4 is 5.32 Å². The predicted octanol–water partition coefficient (Wildman–Crippen LogP) is 3.45. The van der Waals surface area contributed by atoms with Gasteiger partial charge in [-0.15, -0.1) is 0 Å². The fourth-order valence-electron chi connectivity index (χ4n) is 1.35. The Morgan fingerprint density at radius 3 is 2.56 bits per heavy atom. The third-order valence-electron chi connectivity index (χ3n) is 2.07. The lowest BCUT2D eigenvalue weighted by atomic mass is 10.1. The monoisotopic (exact) mass is 259 g/mol. The van der Waals surface area contributed by atoms with Gasteiger partial charge in [-0.25, -0.2) is 0 Å². The maximum Gasteiger partial charge on any atom is 0.220 e. The van der Waals surface area contributed by atoms with Crippen LogP contribution >= 0.6 is 23.2 Å². The van der Waals surface area contributed by atoms with Crippen LogP contribution in [0.2, 0.25) is 10.0 Å². The summed E-state index contributed by atoms with van der Waals surface area (Å²) in [5, 5.41) is 3.91. The first-order valence-electron chi connectivity index (χ1n) is 5.22. The molecule has 0 aromatic heterocycles. The van der Waals surface area contributed by atoms with Crippen LogP contribution in [-0.4, -0.2) is 11.9 Å². The lowest BCUT2D eigenvalue weighted by Gasteiger charge is -2.08. The zero-order chi connectivity index (χ0) is 12.1. The predicted molar refractivity (Wildman–Crippen MR) is 68.1 cm³/mol. The molecule has 1 amide bonds. The fraction of sp³-hybridized carbons (Fsp3) is 0.417. The van der Waals surface area contributed by atoms with E-state index in [0.717, 1.165) is 5.56 Å². The minimum absolute atomic E-state index is 0.0565. The number of benzene rings is 1. The largest absolute Gasteiger partial charge is 0.354 e. The first kappa shape index (κ1) is 13.3. The summed E-state index contributed by atoms with van der Waals surface area (Å²) < 4.78 is 0. The van der Waals surface area contributed by atoms with Gasteiger partial charge in [0.15, 0.2) is 0 Å². The summed E-state index contributed by atoms with van der Waals surface area (Å²) in [4.78, 5) is 11.4. The molecule has 0 saturated carbocycles. The lowest BCUT2D eigenvalue weighted by Crippen LogP contribution is -2.30. The molecule has 4 heteroatoms. The molecule has 0 radical (unpaired) electrons. The summed E-state index contributed by atoms with van der Waals surface area (Å²) in [5.41, 5.74) is 1.02. The molecule has 1 N–H and O–H groups in total. The lowest BCUT2D eigenvalue weighted by molar-refractivity contribution is -0.121. The Morgan fingerprint density at radius 1 is 1.31 bits per heavy atom. The molecule has 0 aliphatic rings. The molecule has 0 aliphatic carbocycles. The zero-order valence-corrected chi connectivity index (χ0v) is 10.9. The molecule has 0 bridgehead atoms. The average molecular weight is 260 g/mol. The van der Waals surface area contributed by atoms with Gasteiger partial charge in [-0.1, -0.05) is 29.3 Å². The van der Waals surface area contributed by atoms with Crippen molar-refractivity contribution in [2.24, 2.45) is 0 Å². The van der Waals surface area contributed by atoms with E-state index in [1.807, 2.05) is 19.9 Å². The van der Waals surface area contributed by atoms with Crippen LogP contribution in [0.25, 0.3) is 0 Å². The molecule has 1 rings (SSSR count). The molecule has 0 saturated heterocycles. The van der Waals surface area contributed by atoms with E-state index < -0.39 is 0 Å². The first-order chi connectivity index (χ1) is 7.49. The van der Waals surface area contributed by atoms with Crippen LogP contribution in [0.5, 0.6) is 0 Å². The molecule has 0 spiro atoms. The van der Waals surface area contributed by atoms with Gasteiger partial charge in [0.1, 0.15) is 0 Å². The number of hydrogen-bond acceptors (Lipinski definition) is 1. The summed E-state index contributed by atoms with van der Waals surface area (Å²) in [6.45, 7) is 3.88. The average Bonchev–Trinajstić information content (AvgIpc) is 2.19. The molecule has 0 atom stereocenters. The SMILES string of the molecule is CC(C)NC(=O)CCc1ccc(Cl)c(Cl)c1. The fourth-order valence-corrected chi connectivity index (χ4v) is 1.67. The maximum atomic E-state index is 11.4. The summed E-state index contributed by atoms with van der Waals surface area (Å²) >= 11 is 11.7. The van der Waals surface area contributed by atoms with Crippen molar-refractivity contribution in [2.75, 3.05) is 0 Å². The highest BCUT2D eigenvalue weighted by molar-refractivity contribution is 6.42. The maximum absolute atomic E-state index is 11.4. The Labute approximate surface area is 106 Å². The van der Waals surface area contributed by atoms with Gasteiger partial charge in [0.25, 0.3) is 0 Å². The quantitative estimate of drug-likeness (QED) is 0.882. The molecule has 1 aromatic rings. The van der Waals surface area contributed by atoms with Gasteiger partial charge in [-0.3, -0.25) is 4.79 Å². The highest BCUT2D eigenvalue weighted by atomic mass is 35.5. The highest BCUT2D eigenvalue weighted by Gasteiger charge is 2.05. The molecule has 16 heavy (non-hydrogen) atoms. The van der Waals surface area contributed by atoms with Gasteiger partial charge >= 0.3 is 0 Å². The number of nitrogens with one attached hydrogen (secondary N) is 1. The van der Waals surface area contributed by atoms with Gasteiger partial charge in [-0.2, -0.15) is 0 Å². The second-order valence-corrected chi connectivity index (χ2v) is 4.79. The Hall–Kier alpha value is -0.730. The van der Waals surface area contributed by atoms with Crippen molar-refractivity contribution in [2.45, 2.75) is 32.7 Å². The number of aryl methyl sites for hydroxylation is 1. The van der Waals surface area contributed by atoms with Gasteiger partial charge in [0, 0.05) is 12.5 Å². The summed E-state index contributed by atoms with van der Waals surface area (Å²) in [7, 11) is 0. The minimum Gasteiger partial charge on any atom is -0.354 e. The minimum atomic E-state index is 0.0565. The van der Waals surface area contributed by atoms with Crippen molar-refractivity contribution in [3.05, 3.63) is 33.8 Å². The Balaban J connectivity index is 2.48. The standard InChI is InChI=1S/C12H15Cl2NO/c1-8(2)15-12(16)6-4-9-3-5-10(13)11(14)7-9/h3,5,7-8H,4,6H2,1-2H3,(H,15,16). The van der Waals surface area contributed by atoms with Crippen LogP contribution in [0.15, 0.2) is 18.2 Å². The van der Waals surface area contributed by atoms with Gasteiger partial charge < -0.3 is 5.32 Å². The van der Waals surface area contributed by atoms with Crippen molar-refractivity contribution in [1.29, 1.82) is 0 Å². The summed E-state index contributed by atoms with van der Waals surface area (Å²) in [6, 6.07) is 5.62. The Morgan fingerprint density at radius 2 is 2.00 bits per heavy atom. The van der Waals surface area contributed by atoms with Crippen LogP contribution in [0.3, 0.4) is 0 Å². The molecular formula is C12H15Cl2NO. The van der Waals surface area contributed by atoms with E-state index in [1.54, 1.807) is 12.1 Å². The number of amides is 1. The van der Waals surface area contributed by atoms with E-state index in [2.05, 4.69) is 5.32 Å². The smallest absolute Gasteiger partial charge is 0.220 e. The van der Waals surface area contributed by atoms with Crippen LogP contribution in [0, 0.1) is 0 Å². The molecule has 0 fully saturated rings. The zero-order valence-electron chi connectivity index (χ0n) is 9.39. The van der Waals surface area contributed by atoms with E-state index in [1.165, 1.54) is 0 Å². The highest BCUT2D eigenvalue weighted by Crippen LogP contribution is 2.23. The first-order valence-corrected chi connectivity index (χ1v) is 5.98. The second kappa shape index (κ2) is 6.12. The number of hydrogen-bond donors (Lipinski definition) is 1. The van der Waals surface area contributed by atoms with Gasteiger partial charge in [-0.05, 0) is 38.0 Å². The number of halogens is 2. The Bertz CT molecular complexity index is 377. The van der Waals surface area contributed by atoms with Crippen LogP contribution in [0.1, 0.15) is 25.8 Å². The van der Waals surface area contributed by atoms with Crippen molar-refractivity contribution >= 4 is 29.1 Å². The van der Waals surface area contributed by atoms with Crippen molar-refractivity contribution < 1.29 is 4.79 Å². The summed E-state index contributed by atoms with van der Waals surface area (Å²) in [5.74, 6) is 0.0565. The topological polar surface area (TPSA) is 29.1 Å². The summed E-state index contributed by atoms with van der Waals surface area (Å²) in [6.07, 6.45) is 1.14. The van der Waals surface area contributed by atoms with Gasteiger partial charge in [0.05, 0.1) is 10.0 Å². The third kappa shape index (κ3) is 4.42. The molecule has 88 valence electrons. The number of carbonyl (C=O) groups excluding carboxylic acids is 1. The van der Waals surface area contributed by atoms with Crippen LogP contribution in [0.4, 0.5) is 0 Å². The van der Waals surface area contributed by atoms with Crippen molar-refractivity contribution in [1.82, 2.24) is 5.32 Å². The molecule has 1 aromatic carbocycles. The normalized spacial score (nSPS) is 10.6. The van der Waals surface area contributed by atoms with Crippen molar-refractivity contribution in [3.63, 3.8) is 0 Å².